The van der Waals surface area contributed by atoms with Gasteiger partial charge in [-0.05, 0) is 44.0 Å². The quantitative estimate of drug-likeness (QED) is 0.916. The Labute approximate surface area is 120 Å². The van der Waals surface area contributed by atoms with Crippen LogP contribution in [-0.2, 0) is 11.2 Å². The monoisotopic (exact) mass is 278 g/mol. The third kappa shape index (κ3) is 3.79. The Balaban J connectivity index is 1.89. The number of nitrogens with one attached hydrogen (secondary N) is 1. The first kappa shape index (κ1) is 15.0. The topological polar surface area (TPSA) is 32.3 Å². The van der Waals surface area contributed by atoms with E-state index in [1.54, 1.807) is 6.07 Å². The highest BCUT2D eigenvalue weighted by atomic mass is 19.1. The molecule has 1 aromatic rings. The van der Waals surface area contributed by atoms with Crippen LogP contribution in [0.1, 0.15) is 25.3 Å². The van der Waals surface area contributed by atoms with Gasteiger partial charge in [-0.15, -0.1) is 0 Å². The molecule has 0 radical (unpaired) electrons. The SMILES string of the molecule is CNC1CCN(C(=O)C(C)Cc2cccc(F)c2)CC1. The van der Waals surface area contributed by atoms with E-state index in [0.29, 0.717) is 12.5 Å². The maximum atomic E-state index is 13.2. The van der Waals surface area contributed by atoms with Crippen LogP contribution < -0.4 is 5.32 Å². The molecular weight excluding hydrogens is 255 g/mol. The minimum Gasteiger partial charge on any atom is -0.342 e. The first-order chi connectivity index (χ1) is 9.60. The molecule has 0 aromatic heterocycles. The van der Waals surface area contributed by atoms with Crippen LogP contribution in [0.15, 0.2) is 24.3 Å². The van der Waals surface area contributed by atoms with E-state index in [1.807, 2.05) is 24.9 Å². The molecule has 110 valence electrons. The summed E-state index contributed by atoms with van der Waals surface area (Å²) in [5, 5.41) is 3.26. The standard InChI is InChI=1S/C16H23FN2O/c1-12(10-13-4-3-5-14(17)11-13)16(20)19-8-6-15(18-2)7-9-19/h3-5,11-12,15,18H,6-10H2,1-2H3. The smallest absolute Gasteiger partial charge is 0.225 e. The fourth-order valence-corrected chi connectivity index (χ4v) is 2.81. The van der Waals surface area contributed by atoms with Gasteiger partial charge >= 0.3 is 0 Å². The lowest BCUT2D eigenvalue weighted by Gasteiger charge is -2.33. The van der Waals surface area contributed by atoms with E-state index in [-0.39, 0.29) is 17.6 Å². The van der Waals surface area contributed by atoms with E-state index in [1.165, 1.54) is 12.1 Å². The number of hydrogen-bond acceptors (Lipinski definition) is 2. The van der Waals surface area contributed by atoms with Crippen molar-refractivity contribution < 1.29 is 9.18 Å². The van der Waals surface area contributed by atoms with Gasteiger partial charge in [0, 0.05) is 25.0 Å². The summed E-state index contributed by atoms with van der Waals surface area (Å²) >= 11 is 0. The summed E-state index contributed by atoms with van der Waals surface area (Å²) in [6, 6.07) is 7.04. The van der Waals surface area contributed by atoms with Crippen LogP contribution in [0.2, 0.25) is 0 Å². The number of likely N-dealkylation sites (tertiary alicyclic amines) is 1. The molecule has 1 fully saturated rings. The molecule has 0 bridgehead atoms. The number of carbonyl (C=O) groups is 1. The molecule has 1 aliphatic rings. The molecule has 3 nitrogen and oxygen atoms in total. The number of amides is 1. The number of nitrogens with zero attached hydrogens (tertiary/aromatic N) is 1. The van der Waals surface area contributed by atoms with Gasteiger partial charge < -0.3 is 10.2 Å². The average molecular weight is 278 g/mol. The number of piperidine rings is 1. The third-order valence-electron chi connectivity index (χ3n) is 4.07. The molecule has 1 N–H and O–H groups in total. The predicted octanol–water partition coefficient (Wildman–Crippen LogP) is 2.21. The van der Waals surface area contributed by atoms with E-state index in [4.69, 9.17) is 0 Å². The Kier molecular flexibility index (Phi) is 5.12. The van der Waals surface area contributed by atoms with Crippen LogP contribution in [0.5, 0.6) is 0 Å². The first-order valence-electron chi connectivity index (χ1n) is 7.30. The summed E-state index contributed by atoms with van der Waals surface area (Å²) in [4.78, 5) is 14.3. The highest BCUT2D eigenvalue weighted by molar-refractivity contribution is 5.78. The van der Waals surface area contributed by atoms with Crippen molar-refractivity contribution >= 4 is 5.91 Å². The summed E-state index contributed by atoms with van der Waals surface area (Å²) in [5.74, 6) is -0.149. The summed E-state index contributed by atoms with van der Waals surface area (Å²) in [5.41, 5.74) is 0.885. The Morgan fingerprint density at radius 1 is 1.45 bits per heavy atom. The third-order valence-corrected chi connectivity index (χ3v) is 4.07. The number of benzene rings is 1. The minimum absolute atomic E-state index is 0.0945. The second-order valence-corrected chi connectivity index (χ2v) is 5.62. The molecule has 1 heterocycles. The maximum absolute atomic E-state index is 13.2. The molecule has 4 heteroatoms. The van der Waals surface area contributed by atoms with Crippen LogP contribution in [-0.4, -0.2) is 37.0 Å². The molecule has 1 amide bonds. The average Bonchev–Trinajstić information content (AvgIpc) is 2.46. The number of carbonyl (C=O) groups excluding carboxylic acids is 1. The molecule has 1 aliphatic heterocycles. The van der Waals surface area contributed by atoms with Crippen LogP contribution >= 0.6 is 0 Å². The second kappa shape index (κ2) is 6.84. The number of rotatable bonds is 4. The van der Waals surface area contributed by atoms with Gasteiger partial charge in [0.25, 0.3) is 0 Å². The van der Waals surface area contributed by atoms with Crippen molar-refractivity contribution in [1.82, 2.24) is 10.2 Å². The molecule has 20 heavy (non-hydrogen) atoms. The molecule has 0 saturated carbocycles. The minimum atomic E-state index is -0.239. The van der Waals surface area contributed by atoms with Gasteiger partial charge in [0.1, 0.15) is 5.82 Å². The number of halogens is 1. The number of hydrogen-bond donors (Lipinski definition) is 1. The predicted molar refractivity (Wildman–Crippen MR) is 77.9 cm³/mol. The van der Waals surface area contributed by atoms with Crippen LogP contribution in [0.25, 0.3) is 0 Å². The fourth-order valence-electron chi connectivity index (χ4n) is 2.81. The lowest BCUT2D eigenvalue weighted by atomic mass is 9.97. The fraction of sp³-hybridized carbons (Fsp3) is 0.562. The molecule has 1 atom stereocenters. The van der Waals surface area contributed by atoms with E-state index in [9.17, 15) is 9.18 Å². The van der Waals surface area contributed by atoms with E-state index < -0.39 is 0 Å². The molecule has 1 aromatic carbocycles. The van der Waals surface area contributed by atoms with Gasteiger partial charge in [-0.2, -0.15) is 0 Å². The molecule has 1 unspecified atom stereocenters. The van der Waals surface area contributed by atoms with E-state index in [2.05, 4.69) is 5.32 Å². The molecule has 2 rings (SSSR count). The summed E-state index contributed by atoms with van der Waals surface area (Å²) < 4.78 is 13.2. The van der Waals surface area contributed by atoms with Crippen molar-refractivity contribution in [3.05, 3.63) is 35.6 Å². The Morgan fingerprint density at radius 2 is 2.15 bits per heavy atom. The summed E-state index contributed by atoms with van der Waals surface area (Å²) in [7, 11) is 1.97. The Morgan fingerprint density at radius 3 is 2.75 bits per heavy atom. The van der Waals surface area contributed by atoms with Gasteiger partial charge in [0.15, 0.2) is 0 Å². The molecule has 0 aliphatic carbocycles. The van der Waals surface area contributed by atoms with Crippen molar-refractivity contribution in [2.75, 3.05) is 20.1 Å². The van der Waals surface area contributed by atoms with Crippen molar-refractivity contribution in [2.24, 2.45) is 5.92 Å². The van der Waals surface area contributed by atoms with Crippen molar-refractivity contribution in [2.45, 2.75) is 32.2 Å². The summed E-state index contributed by atoms with van der Waals surface area (Å²) in [6.45, 7) is 3.56. The highest BCUT2D eigenvalue weighted by Crippen LogP contribution is 2.16. The molecule has 1 saturated heterocycles. The largest absolute Gasteiger partial charge is 0.342 e. The van der Waals surface area contributed by atoms with Gasteiger partial charge in [-0.1, -0.05) is 19.1 Å². The van der Waals surface area contributed by atoms with Crippen LogP contribution in [0, 0.1) is 11.7 Å². The summed E-state index contributed by atoms with van der Waals surface area (Å²) in [6.07, 6.45) is 2.62. The van der Waals surface area contributed by atoms with Crippen molar-refractivity contribution in [1.29, 1.82) is 0 Å². The van der Waals surface area contributed by atoms with E-state index in [0.717, 1.165) is 31.5 Å². The van der Waals surface area contributed by atoms with Gasteiger partial charge in [-0.3, -0.25) is 4.79 Å². The highest BCUT2D eigenvalue weighted by Gasteiger charge is 2.25. The van der Waals surface area contributed by atoms with Gasteiger partial charge in [0.05, 0.1) is 0 Å². The zero-order valence-electron chi connectivity index (χ0n) is 12.2. The Hall–Kier alpha value is -1.42. The van der Waals surface area contributed by atoms with Gasteiger partial charge in [-0.25, -0.2) is 4.39 Å². The zero-order chi connectivity index (χ0) is 14.5. The molecular formula is C16H23FN2O. The lowest BCUT2D eigenvalue weighted by molar-refractivity contribution is -0.136. The Bertz CT molecular complexity index is 456. The normalized spacial score (nSPS) is 18.1. The molecule has 0 spiro atoms. The zero-order valence-corrected chi connectivity index (χ0v) is 12.2. The van der Waals surface area contributed by atoms with Crippen LogP contribution in [0.4, 0.5) is 4.39 Å². The van der Waals surface area contributed by atoms with Crippen LogP contribution in [0.3, 0.4) is 0 Å². The first-order valence-corrected chi connectivity index (χ1v) is 7.30. The second-order valence-electron chi connectivity index (χ2n) is 5.62. The van der Waals surface area contributed by atoms with Crippen molar-refractivity contribution in [3.8, 4) is 0 Å². The van der Waals surface area contributed by atoms with Gasteiger partial charge in [0.2, 0.25) is 5.91 Å². The van der Waals surface area contributed by atoms with Crippen molar-refractivity contribution in [3.63, 3.8) is 0 Å². The maximum Gasteiger partial charge on any atom is 0.225 e. The van der Waals surface area contributed by atoms with E-state index >= 15 is 0 Å². The lowest BCUT2D eigenvalue weighted by Crippen LogP contribution is -2.45.